The lowest BCUT2D eigenvalue weighted by Crippen LogP contribution is -2.14. The van der Waals surface area contributed by atoms with Gasteiger partial charge in [0.2, 0.25) is 5.91 Å². The van der Waals surface area contributed by atoms with Crippen molar-refractivity contribution in [1.82, 2.24) is 0 Å². The van der Waals surface area contributed by atoms with E-state index in [1.807, 2.05) is 0 Å². The van der Waals surface area contributed by atoms with Gasteiger partial charge in [-0.2, -0.15) is 0 Å². The summed E-state index contributed by atoms with van der Waals surface area (Å²) in [4.78, 5) is 22.9. The van der Waals surface area contributed by atoms with E-state index < -0.39 is 5.97 Å². The largest absolute Gasteiger partial charge is 0.478 e. The molecule has 2 aromatic carbocycles. The van der Waals surface area contributed by atoms with Crippen LogP contribution >= 0.6 is 27.5 Å². The zero-order valence-corrected chi connectivity index (χ0v) is 13.1. The molecular weight excluding hydrogens is 358 g/mol. The Hall–Kier alpha value is -1.85. The Morgan fingerprint density at radius 1 is 1.19 bits per heavy atom. The third-order valence-electron chi connectivity index (χ3n) is 2.68. The van der Waals surface area contributed by atoms with Crippen LogP contribution in [0.1, 0.15) is 15.9 Å². The van der Waals surface area contributed by atoms with Crippen molar-refractivity contribution in [3.8, 4) is 0 Å². The third kappa shape index (κ3) is 4.58. The normalized spacial score (nSPS) is 10.2. The lowest BCUT2D eigenvalue weighted by atomic mass is 10.1. The fourth-order valence-corrected chi connectivity index (χ4v) is 2.53. The molecule has 0 aliphatic heterocycles. The molecule has 0 spiro atoms. The number of carbonyl (C=O) groups excluding carboxylic acids is 1. The Morgan fingerprint density at radius 2 is 1.95 bits per heavy atom. The summed E-state index contributed by atoms with van der Waals surface area (Å²) in [6.45, 7) is 0. The van der Waals surface area contributed by atoms with Gasteiger partial charge < -0.3 is 10.4 Å². The van der Waals surface area contributed by atoms with Gasteiger partial charge in [-0.25, -0.2) is 4.79 Å². The lowest BCUT2D eigenvalue weighted by Gasteiger charge is -2.07. The highest BCUT2D eigenvalue weighted by Gasteiger charge is 2.09. The van der Waals surface area contributed by atoms with Gasteiger partial charge in [-0.15, -0.1) is 0 Å². The molecule has 4 nitrogen and oxygen atoms in total. The van der Waals surface area contributed by atoms with Crippen LogP contribution in [-0.2, 0) is 11.2 Å². The van der Waals surface area contributed by atoms with Crippen LogP contribution in [0.4, 0.5) is 5.69 Å². The molecule has 0 fully saturated rings. The summed E-state index contributed by atoms with van der Waals surface area (Å²) in [6.07, 6.45) is 0.162. The molecule has 21 heavy (non-hydrogen) atoms. The van der Waals surface area contributed by atoms with Crippen LogP contribution in [0, 0.1) is 0 Å². The van der Waals surface area contributed by atoms with Crippen molar-refractivity contribution in [3.05, 3.63) is 63.1 Å². The molecule has 0 bridgehead atoms. The maximum atomic E-state index is 12.0. The Kier molecular flexibility index (Phi) is 4.98. The molecule has 2 rings (SSSR count). The molecule has 0 saturated heterocycles. The molecule has 108 valence electrons. The first kappa shape index (κ1) is 15.5. The SMILES string of the molecule is O=C(Cc1cccc(Cl)c1)Nc1cc(Br)cc(C(=O)O)c1. The standard InChI is InChI=1S/C15H11BrClNO3/c16-11-6-10(15(20)21)7-13(8-11)18-14(19)5-9-2-1-3-12(17)4-9/h1-4,6-8H,5H2,(H,18,19)(H,20,21). The second-order valence-corrected chi connectivity index (χ2v) is 5.74. The van der Waals surface area contributed by atoms with Crippen molar-refractivity contribution in [3.63, 3.8) is 0 Å². The zero-order valence-electron chi connectivity index (χ0n) is 10.8. The summed E-state index contributed by atoms with van der Waals surface area (Å²) < 4.78 is 0.584. The van der Waals surface area contributed by atoms with E-state index in [0.717, 1.165) is 5.56 Å². The number of carboxylic acid groups (broad SMARTS) is 1. The highest BCUT2D eigenvalue weighted by Crippen LogP contribution is 2.20. The van der Waals surface area contributed by atoms with Gasteiger partial charge in [0.25, 0.3) is 0 Å². The van der Waals surface area contributed by atoms with Gasteiger partial charge in [-0.05, 0) is 35.9 Å². The Bertz CT molecular complexity index is 703. The molecular formula is C15H11BrClNO3. The summed E-state index contributed by atoms with van der Waals surface area (Å²) in [5.41, 5.74) is 1.31. The average molecular weight is 369 g/mol. The second kappa shape index (κ2) is 6.74. The van der Waals surface area contributed by atoms with Crippen LogP contribution in [0.3, 0.4) is 0 Å². The Labute approximate surface area is 134 Å². The number of halogens is 2. The number of hydrogen-bond acceptors (Lipinski definition) is 2. The first-order valence-electron chi connectivity index (χ1n) is 6.02. The van der Waals surface area contributed by atoms with Gasteiger partial charge >= 0.3 is 5.97 Å². The highest BCUT2D eigenvalue weighted by atomic mass is 79.9. The highest BCUT2D eigenvalue weighted by molar-refractivity contribution is 9.10. The summed E-state index contributed by atoms with van der Waals surface area (Å²) in [5, 5.41) is 12.2. The van der Waals surface area contributed by atoms with Gasteiger partial charge in [0.05, 0.1) is 12.0 Å². The van der Waals surface area contributed by atoms with Crippen LogP contribution in [-0.4, -0.2) is 17.0 Å². The topological polar surface area (TPSA) is 66.4 Å². The second-order valence-electron chi connectivity index (χ2n) is 4.39. The molecule has 0 unspecified atom stereocenters. The summed E-state index contributed by atoms with van der Waals surface area (Å²) >= 11 is 9.08. The number of aromatic carboxylic acids is 1. The van der Waals surface area contributed by atoms with E-state index in [1.54, 1.807) is 30.3 Å². The third-order valence-corrected chi connectivity index (χ3v) is 3.38. The number of anilines is 1. The van der Waals surface area contributed by atoms with E-state index in [4.69, 9.17) is 16.7 Å². The molecule has 1 amide bonds. The quantitative estimate of drug-likeness (QED) is 0.858. The van der Waals surface area contributed by atoms with Crippen molar-refractivity contribution < 1.29 is 14.7 Å². The number of amides is 1. The molecule has 0 aliphatic rings. The number of rotatable bonds is 4. The average Bonchev–Trinajstić information content (AvgIpc) is 2.37. The van der Waals surface area contributed by atoms with E-state index in [0.29, 0.717) is 15.2 Å². The fraction of sp³-hybridized carbons (Fsp3) is 0.0667. The Balaban J connectivity index is 2.11. The van der Waals surface area contributed by atoms with Crippen LogP contribution < -0.4 is 5.32 Å². The van der Waals surface area contributed by atoms with Gasteiger partial charge in [0.1, 0.15) is 0 Å². The van der Waals surface area contributed by atoms with Crippen molar-refractivity contribution in [2.75, 3.05) is 5.32 Å². The van der Waals surface area contributed by atoms with Crippen molar-refractivity contribution in [1.29, 1.82) is 0 Å². The maximum absolute atomic E-state index is 12.0. The van der Waals surface area contributed by atoms with Crippen LogP contribution in [0.25, 0.3) is 0 Å². The van der Waals surface area contributed by atoms with Crippen molar-refractivity contribution in [2.24, 2.45) is 0 Å². The van der Waals surface area contributed by atoms with Crippen molar-refractivity contribution >= 4 is 45.1 Å². The number of benzene rings is 2. The smallest absolute Gasteiger partial charge is 0.335 e. The van der Waals surface area contributed by atoms with Gasteiger partial charge in [0, 0.05) is 15.2 Å². The molecule has 0 heterocycles. The summed E-state index contributed by atoms with van der Waals surface area (Å²) in [7, 11) is 0. The molecule has 2 aromatic rings. The monoisotopic (exact) mass is 367 g/mol. The molecule has 6 heteroatoms. The van der Waals surface area contributed by atoms with Crippen molar-refractivity contribution in [2.45, 2.75) is 6.42 Å². The number of hydrogen-bond donors (Lipinski definition) is 2. The molecule has 0 atom stereocenters. The van der Waals surface area contributed by atoms with Crippen LogP contribution in [0.5, 0.6) is 0 Å². The van der Waals surface area contributed by atoms with E-state index in [-0.39, 0.29) is 17.9 Å². The molecule has 0 saturated carbocycles. The fourth-order valence-electron chi connectivity index (χ4n) is 1.82. The minimum absolute atomic E-state index is 0.0995. The number of carboxylic acids is 1. The van der Waals surface area contributed by atoms with E-state index in [1.165, 1.54) is 12.1 Å². The molecule has 2 N–H and O–H groups in total. The lowest BCUT2D eigenvalue weighted by molar-refractivity contribution is -0.115. The van der Waals surface area contributed by atoms with E-state index in [9.17, 15) is 9.59 Å². The zero-order chi connectivity index (χ0) is 15.4. The minimum atomic E-state index is -1.05. The Morgan fingerprint density at radius 3 is 2.62 bits per heavy atom. The minimum Gasteiger partial charge on any atom is -0.478 e. The van der Waals surface area contributed by atoms with Gasteiger partial charge in [-0.1, -0.05) is 39.7 Å². The first-order valence-corrected chi connectivity index (χ1v) is 7.19. The number of nitrogens with one attached hydrogen (secondary N) is 1. The van der Waals surface area contributed by atoms with Crippen LogP contribution in [0.2, 0.25) is 5.02 Å². The molecule has 0 aromatic heterocycles. The van der Waals surface area contributed by atoms with E-state index in [2.05, 4.69) is 21.2 Å². The van der Waals surface area contributed by atoms with E-state index >= 15 is 0 Å². The summed E-state index contributed by atoms with van der Waals surface area (Å²) in [6, 6.07) is 11.5. The predicted octanol–water partition coefficient (Wildman–Crippen LogP) is 3.98. The number of carbonyl (C=O) groups is 2. The first-order chi connectivity index (χ1) is 9.94. The van der Waals surface area contributed by atoms with Gasteiger partial charge in [-0.3, -0.25) is 4.79 Å². The molecule has 0 aliphatic carbocycles. The predicted molar refractivity (Wildman–Crippen MR) is 84.9 cm³/mol. The summed E-state index contributed by atoms with van der Waals surface area (Å²) in [5.74, 6) is -1.30. The van der Waals surface area contributed by atoms with Crippen LogP contribution in [0.15, 0.2) is 46.9 Å². The maximum Gasteiger partial charge on any atom is 0.335 e. The molecule has 0 radical (unpaired) electrons. The van der Waals surface area contributed by atoms with Gasteiger partial charge in [0.15, 0.2) is 0 Å².